The topological polar surface area (TPSA) is 89.8 Å². The van der Waals surface area contributed by atoms with E-state index in [9.17, 15) is 19.7 Å². The molecule has 1 aromatic carbocycles. The van der Waals surface area contributed by atoms with E-state index < -0.39 is 16.9 Å². The van der Waals surface area contributed by atoms with E-state index in [2.05, 4.69) is 0 Å². The lowest BCUT2D eigenvalue weighted by atomic mass is 10.2. The molecule has 1 aromatic rings. The number of hydrogen-bond donors (Lipinski definition) is 0. The fourth-order valence-electron chi connectivity index (χ4n) is 2.03. The lowest BCUT2D eigenvalue weighted by Crippen LogP contribution is -2.42. The molecule has 1 atom stereocenters. The molecule has 1 heterocycles. The smallest absolute Gasteiger partial charge is 0.329 e. The molecule has 126 valence electrons. The number of nitro benzene ring substituents is 1. The maximum absolute atomic E-state index is 12.5. The number of carbonyl (C=O) groups is 2. The summed E-state index contributed by atoms with van der Waals surface area (Å²) >= 11 is 6.25. The summed E-state index contributed by atoms with van der Waals surface area (Å²) in [6, 6.07) is 4.99. The standard InChI is InChI=1S/C15H14N2O5S2/c1-3-22-14(19)9(2)16-13(18)12(24-15(16)23)8-10-4-6-11(7-5-10)17(20)21/h4-9H,3H2,1-2H3/b12-8-. The Balaban J connectivity index is 2.21. The molecular formula is C15H14N2O5S2. The average Bonchev–Trinajstić information content (AvgIpc) is 2.81. The summed E-state index contributed by atoms with van der Waals surface area (Å²) in [7, 11) is 0. The largest absolute Gasteiger partial charge is 0.464 e. The molecular weight excluding hydrogens is 352 g/mol. The van der Waals surface area contributed by atoms with Crippen molar-refractivity contribution in [1.29, 1.82) is 0 Å². The van der Waals surface area contributed by atoms with Crippen LogP contribution in [0.15, 0.2) is 29.2 Å². The van der Waals surface area contributed by atoms with E-state index in [4.69, 9.17) is 17.0 Å². The summed E-state index contributed by atoms with van der Waals surface area (Å²) in [6.07, 6.45) is 1.58. The van der Waals surface area contributed by atoms with Gasteiger partial charge in [-0.05, 0) is 37.6 Å². The SMILES string of the molecule is CCOC(=O)C(C)N1C(=O)/C(=C/c2ccc([N+](=O)[O-])cc2)SC1=S. The summed E-state index contributed by atoms with van der Waals surface area (Å²) in [4.78, 5) is 36.0. The third kappa shape index (κ3) is 3.80. The molecule has 1 amide bonds. The zero-order valence-corrected chi connectivity index (χ0v) is 14.6. The van der Waals surface area contributed by atoms with E-state index in [0.29, 0.717) is 10.5 Å². The molecule has 0 aliphatic carbocycles. The predicted octanol–water partition coefficient (Wildman–Crippen LogP) is 2.75. The van der Waals surface area contributed by atoms with Gasteiger partial charge in [-0.3, -0.25) is 19.8 Å². The first-order valence-electron chi connectivity index (χ1n) is 7.03. The molecule has 2 rings (SSSR count). The molecule has 7 nitrogen and oxygen atoms in total. The second-order valence-electron chi connectivity index (χ2n) is 4.83. The van der Waals surface area contributed by atoms with E-state index in [-0.39, 0.29) is 22.5 Å². The first kappa shape index (κ1) is 18.1. The summed E-state index contributed by atoms with van der Waals surface area (Å²) in [6.45, 7) is 3.46. The van der Waals surface area contributed by atoms with Gasteiger partial charge in [-0.15, -0.1) is 0 Å². The Bertz CT molecular complexity index is 730. The van der Waals surface area contributed by atoms with Crippen LogP contribution < -0.4 is 0 Å². The van der Waals surface area contributed by atoms with E-state index in [1.807, 2.05) is 0 Å². The normalized spacial score (nSPS) is 17.2. The van der Waals surface area contributed by atoms with Crippen LogP contribution in [0.5, 0.6) is 0 Å². The maximum atomic E-state index is 12.5. The first-order valence-corrected chi connectivity index (χ1v) is 8.25. The first-order chi connectivity index (χ1) is 11.3. The molecule has 0 aromatic heterocycles. The second kappa shape index (κ2) is 7.54. The third-order valence-corrected chi connectivity index (χ3v) is 4.57. The minimum absolute atomic E-state index is 0.0318. The maximum Gasteiger partial charge on any atom is 0.329 e. The van der Waals surface area contributed by atoms with Crippen molar-refractivity contribution in [3.63, 3.8) is 0 Å². The van der Waals surface area contributed by atoms with Gasteiger partial charge in [0.15, 0.2) is 0 Å². The van der Waals surface area contributed by atoms with Gasteiger partial charge < -0.3 is 4.74 Å². The van der Waals surface area contributed by atoms with Crippen molar-refractivity contribution in [1.82, 2.24) is 4.90 Å². The van der Waals surface area contributed by atoms with Gasteiger partial charge in [0.1, 0.15) is 10.4 Å². The lowest BCUT2D eigenvalue weighted by molar-refractivity contribution is -0.384. The quantitative estimate of drug-likeness (QED) is 0.260. The Morgan fingerprint density at radius 3 is 2.62 bits per heavy atom. The van der Waals surface area contributed by atoms with Crippen LogP contribution in [-0.2, 0) is 14.3 Å². The number of thiocarbonyl (C=S) groups is 1. The number of thioether (sulfide) groups is 1. The number of benzene rings is 1. The van der Waals surface area contributed by atoms with E-state index >= 15 is 0 Å². The van der Waals surface area contributed by atoms with Gasteiger partial charge in [0.2, 0.25) is 0 Å². The average molecular weight is 366 g/mol. The summed E-state index contributed by atoms with van der Waals surface area (Å²) in [5.41, 5.74) is 0.598. The molecule has 0 N–H and O–H groups in total. The van der Waals surface area contributed by atoms with E-state index in [1.165, 1.54) is 17.0 Å². The Labute approximate surface area is 147 Å². The molecule has 0 radical (unpaired) electrons. The number of non-ortho nitro benzene ring substituents is 1. The monoisotopic (exact) mass is 366 g/mol. The molecule has 24 heavy (non-hydrogen) atoms. The van der Waals surface area contributed by atoms with Gasteiger partial charge >= 0.3 is 5.97 Å². The van der Waals surface area contributed by atoms with Crippen LogP contribution in [0, 0.1) is 10.1 Å². The number of ether oxygens (including phenoxy) is 1. The lowest BCUT2D eigenvalue weighted by Gasteiger charge is -2.21. The number of hydrogen-bond acceptors (Lipinski definition) is 7. The minimum Gasteiger partial charge on any atom is -0.464 e. The van der Waals surface area contributed by atoms with Gasteiger partial charge in [-0.25, -0.2) is 4.79 Å². The molecule has 9 heteroatoms. The number of rotatable bonds is 5. The van der Waals surface area contributed by atoms with Crippen LogP contribution in [0.25, 0.3) is 6.08 Å². The van der Waals surface area contributed by atoms with Crippen molar-refractivity contribution in [2.24, 2.45) is 0 Å². The number of esters is 1. The Kier molecular flexibility index (Phi) is 5.68. The molecule has 1 aliphatic rings. The van der Waals surface area contributed by atoms with Crippen molar-refractivity contribution in [3.05, 3.63) is 44.8 Å². The highest BCUT2D eigenvalue weighted by molar-refractivity contribution is 8.26. The van der Waals surface area contributed by atoms with Crippen LogP contribution in [0.3, 0.4) is 0 Å². The van der Waals surface area contributed by atoms with Crippen molar-refractivity contribution in [2.45, 2.75) is 19.9 Å². The van der Waals surface area contributed by atoms with Crippen LogP contribution in [0.1, 0.15) is 19.4 Å². The van der Waals surface area contributed by atoms with Gasteiger partial charge in [-0.2, -0.15) is 0 Å². The molecule has 1 aliphatic heterocycles. The van der Waals surface area contributed by atoms with E-state index in [1.54, 1.807) is 32.1 Å². The molecule has 0 saturated carbocycles. The fraction of sp³-hybridized carbons (Fsp3) is 0.267. The Hall–Kier alpha value is -2.26. The number of nitro groups is 1. The van der Waals surface area contributed by atoms with Gasteiger partial charge in [0, 0.05) is 12.1 Å². The van der Waals surface area contributed by atoms with Gasteiger partial charge in [0.05, 0.1) is 16.4 Å². The fourth-order valence-corrected chi connectivity index (χ4v) is 3.44. The van der Waals surface area contributed by atoms with Crippen molar-refractivity contribution >= 4 is 51.9 Å². The molecule has 1 unspecified atom stereocenters. The Morgan fingerprint density at radius 2 is 2.08 bits per heavy atom. The third-order valence-electron chi connectivity index (χ3n) is 3.24. The minimum atomic E-state index is -0.805. The number of nitrogens with zero attached hydrogens (tertiary/aromatic N) is 2. The predicted molar refractivity (Wildman–Crippen MR) is 94.2 cm³/mol. The molecule has 0 spiro atoms. The van der Waals surface area contributed by atoms with Crippen molar-refractivity contribution < 1.29 is 19.2 Å². The summed E-state index contributed by atoms with van der Waals surface area (Å²) in [5, 5.41) is 10.7. The molecule has 1 fully saturated rings. The number of carbonyl (C=O) groups excluding carboxylic acids is 2. The molecule has 1 saturated heterocycles. The molecule has 0 bridgehead atoms. The van der Waals surface area contributed by atoms with Crippen LogP contribution in [0.4, 0.5) is 5.69 Å². The summed E-state index contributed by atoms with van der Waals surface area (Å²) < 4.78 is 5.19. The number of amides is 1. The van der Waals surface area contributed by atoms with Gasteiger partial charge in [0.25, 0.3) is 11.6 Å². The van der Waals surface area contributed by atoms with Crippen LogP contribution in [0.2, 0.25) is 0 Å². The van der Waals surface area contributed by atoms with Crippen LogP contribution in [-0.4, -0.2) is 38.7 Å². The highest BCUT2D eigenvalue weighted by Gasteiger charge is 2.38. The van der Waals surface area contributed by atoms with Crippen LogP contribution >= 0.6 is 24.0 Å². The van der Waals surface area contributed by atoms with E-state index in [0.717, 1.165) is 11.8 Å². The summed E-state index contributed by atoms with van der Waals surface area (Å²) in [5.74, 6) is -0.908. The van der Waals surface area contributed by atoms with Crippen molar-refractivity contribution in [3.8, 4) is 0 Å². The highest BCUT2D eigenvalue weighted by atomic mass is 32.2. The van der Waals surface area contributed by atoms with Crippen molar-refractivity contribution in [2.75, 3.05) is 6.61 Å². The Morgan fingerprint density at radius 1 is 1.46 bits per heavy atom. The zero-order chi connectivity index (χ0) is 17.9. The van der Waals surface area contributed by atoms with Gasteiger partial charge in [-0.1, -0.05) is 24.0 Å². The zero-order valence-electron chi connectivity index (χ0n) is 12.9. The highest BCUT2D eigenvalue weighted by Crippen LogP contribution is 2.34. The second-order valence-corrected chi connectivity index (χ2v) is 6.50.